The normalized spacial score (nSPS) is 17.3. The molecule has 0 amide bonds. The molecule has 0 N–H and O–H groups in total. The van der Waals surface area contributed by atoms with Crippen LogP contribution in [0, 0.1) is 5.92 Å². The van der Waals surface area contributed by atoms with Gasteiger partial charge in [-0.15, -0.1) is 0 Å². The fraction of sp³-hybridized carbons (Fsp3) is 0.391. The molecule has 28 heavy (non-hydrogen) atoms. The molecule has 1 aliphatic carbocycles. The standard InChI is InChI=1S/C23H27NO4/c1-16(18-6-9-21(25-3)23(14-18)27-5)17(2)20-8-7-19(15-22(20)26-4)24-10-12-28-13-11-24/h7-8,14-16H,2,10-13H2,1,3-5H3/t16-/m1/s1. The largest absolute Gasteiger partial charge is 0.496 e. The molecule has 1 aromatic carbocycles. The molecule has 0 saturated carbocycles. The van der Waals surface area contributed by atoms with Gasteiger partial charge in [0.25, 0.3) is 0 Å². The van der Waals surface area contributed by atoms with Crippen molar-refractivity contribution in [1.82, 2.24) is 0 Å². The van der Waals surface area contributed by atoms with Crippen molar-refractivity contribution in [3.05, 3.63) is 65.0 Å². The first-order valence-electron chi connectivity index (χ1n) is 9.34. The van der Waals surface area contributed by atoms with Gasteiger partial charge in [0.15, 0.2) is 5.76 Å². The molecule has 0 unspecified atom stereocenters. The predicted octanol–water partition coefficient (Wildman–Crippen LogP) is 3.94. The van der Waals surface area contributed by atoms with Crippen LogP contribution in [0.15, 0.2) is 59.4 Å². The Bertz CT molecular complexity index is 880. The van der Waals surface area contributed by atoms with E-state index >= 15 is 0 Å². The lowest BCUT2D eigenvalue weighted by Crippen LogP contribution is -2.36. The van der Waals surface area contributed by atoms with E-state index in [0.29, 0.717) is 11.5 Å². The van der Waals surface area contributed by atoms with Gasteiger partial charge in [-0.3, -0.25) is 0 Å². The van der Waals surface area contributed by atoms with E-state index < -0.39 is 0 Å². The summed E-state index contributed by atoms with van der Waals surface area (Å²) < 4.78 is 21.8. The summed E-state index contributed by atoms with van der Waals surface area (Å²) >= 11 is 0. The summed E-state index contributed by atoms with van der Waals surface area (Å²) in [7, 11) is 4.89. The minimum absolute atomic E-state index is 0.0131. The molecule has 1 aliphatic heterocycles. The van der Waals surface area contributed by atoms with Crippen LogP contribution in [-0.4, -0.2) is 47.6 Å². The molecule has 1 aromatic rings. The molecule has 148 valence electrons. The van der Waals surface area contributed by atoms with Crippen LogP contribution in [0.3, 0.4) is 0 Å². The molecule has 0 bridgehead atoms. The second-order valence-corrected chi connectivity index (χ2v) is 6.68. The van der Waals surface area contributed by atoms with E-state index in [4.69, 9.17) is 18.9 Å². The second-order valence-electron chi connectivity index (χ2n) is 6.68. The van der Waals surface area contributed by atoms with Gasteiger partial charge in [-0.25, -0.2) is 0 Å². The van der Waals surface area contributed by atoms with Crippen LogP contribution in [0.2, 0.25) is 0 Å². The topological polar surface area (TPSA) is 40.2 Å². The van der Waals surface area contributed by atoms with Crippen molar-refractivity contribution in [2.45, 2.75) is 6.92 Å². The van der Waals surface area contributed by atoms with E-state index in [2.05, 4.69) is 48.1 Å². The van der Waals surface area contributed by atoms with Crippen LogP contribution in [0.25, 0.3) is 5.57 Å². The first-order valence-corrected chi connectivity index (χ1v) is 9.34. The summed E-state index contributed by atoms with van der Waals surface area (Å²) in [5.41, 5.74) is 10.2. The Morgan fingerprint density at radius 3 is 2.50 bits per heavy atom. The lowest BCUT2D eigenvalue weighted by atomic mass is 9.87. The smallest absolute Gasteiger partial charge is 0.212 e. The Hall–Kier alpha value is -2.84. The molecule has 2 aliphatic rings. The Labute approximate surface area is 166 Å². The van der Waals surface area contributed by atoms with Gasteiger partial charge in [-0.05, 0) is 29.5 Å². The monoisotopic (exact) mass is 381 g/mol. The summed E-state index contributed by atoms with van der Waals surface area (Å²) in [4.78, 5) is 2.30. The Kier molecular flexibility index (Phi) is 6.33. The molecule has 3 rings (SSSR count). The van der Waals surface area contributed by atoms with Gasteiger partial charge < -0.3 is 23.8 Å². The average molecular weight is 381 g/mol. The van der Waals surface area contributed by atoms with Crippen molar-refractivity contribution >= 4 is 11.3 Å². The highest BCUT2D eigenvalue weighted by molar-refractivity contribution is 5.75. The molecule has 1 heterocycles. The highest BCUT2D eigenvalue weighted by Crippen LogP contribution is 2.37. The number of hydrogen-bond donors (Lipinski definition) is 0. The maximum atomic E-state index is 5.68. The zero-order valence-corrected chi connectivity index (χ0v) is 17.0. The quantitative estimate of drug-likeness (QED) is 0.669. The zero-order chi connectivity index (χ0) is 20.1. The van der Waals surface area contributed by atoms with Crippen LogP contribution < -0.4 is 9.64 Å². The zero-order valence-electron chi connectivity index (χ0n) is 17.0. The lowest BCUT2D eigenvalue weighted by molar-refractivity contribution is 0.122. The molecule has 5 heteroatoms. The number of rotatable bonds is 7. The summed E-state index contributed by atoms with van der Waals surface area (Å²) in [6, 6.07) is 6.27. The van der Waals surface area contributed by atoms with Crippen LogP contribution in [-0.2, 0) is 14.2 Å². The lowest BCUT2D eigenvalue weighted by Gasteiger charge is -2.29. The van der Waals surface area contributed by atoms with E-state index in [0.717, 1.165) is 54.4 Å². The maximum Gasteiger partial charge on any atom is 0.212 e. The van der Waals surface area contributed by atoms with Crippen molar-refractivity contribution in [2.24, 2.45) is 5.92 Å². The van der Waals surface area contributed by atoms with Gasteiger partial charge in [0.05, 0.1) is 34.5 Å². The molecular formula is C23H27NO4. The highest BCUT2D eigenvalue weighted by atomic mass is 16.5. The third-order valence-corrected chi connectivity index (χ3v) is 5.15. The van der Waals surface area contributed by atoms with Crippen molar-refractivity contribution in [3.8, 4) is 5.75 Å². The van der Waals surface area contributed by atoms with Crippen LogP contribution in [0.5, 0.6) is 5.75 Å². The molecule has 1 fully saturated rings. The number of benzene rings is 1. The van der Waals surface area contributed by atoms with E-state index in [1.165, 1.54) is 0 Å². The maximum absolute atomic E-state index is 5.68. The first kappa shape index (κ1) is 19.9. The minimum Gasteiger partial charge on any atom is -0.496 e. The summed E-state index contributed by atoms with van der Waals surface area (Å²) in [5, 5.41) is 0. The number of methoxy groups -OCH3 is 3. The fourth-order valence-corrected chi connectivity index (χ4v) is 3.35. The number of allylic oxidation sites excluding steroid dienone is 3. The summed E-state index contributed by atoms with van der Waals surface area (Å²) in [6.07, 6.45) is 1.92. The number of nitrogens with zero attached hydrogens (tertiary/aromatic N) is 1. The number of hydrogen-bond acceptors (Lipinski definition) is 5. The third kappa shape index (κ3) is 4.02. The van der Waals surface area contributed by atoms with Crippen LogP contribution >= 0.6 is 0 Å². The van der Waals surface area contributed by atoms with Gasteiger partial charge in [0.2, 0.25) is 5.76 Å². The molecular weight excluding hydrogens is 354 g/mol. The van der Waals surface area contributed by atoms with Crippen LogP contribution in [0.1, 0.15) is 12.5 Å². The molecule has 0 radical (unpaired) electrons. The van der Waals surface area contributed by atoms with Crippen molar-refractivity contribution in [2.75, 3.05) is 52.5 Å². The summed E-state index contributed by atoms with van der Waals surface area (Å²) in [5.74, 6) is 1.99. The molecule has 1 atom stereocenters. The van der Waals surface area contributed by atoms with Gasteiger partial charge in [0, 0.05) is 41.9 Å². The van der Waals surface area contributed by atoms with E-state index in [-0.39, 0.29) is 5.92 Å². The van der Waals surface area contributed by atoms with Gasteiger partial charge >= 0.3 is 0 Å². The SMILES string of the molecule is C=C(c1ccc(N2CCOCC2)cc1OC)[C@@H](C)C1=C=C=C(OC)C(OC)=C1. The van der Waals surface area contributed by atoms with Gasteiger partial charge in [0.1, 0.15) is 5.75 Å². The highest BCUT2D eigenvalue weighted by Gasteiger charge is 2.21. The molecule has 0 spiro atoms. The number of morpholine rings is 1. The predicted molar refractivity (Wildman–Crippen MR) is 110 cm³/mol. The molecule has 5 nitrogen and oxygen atoms in total. The molecule has 1 saturated heterocycles. The number of ether oxygens (including phenoxy) is 4. The van der Waals surface area contributed by atoms with Crippen LogP contribution in [0.4, 0.5) is 5.69 Å². The molecule has 0 aromatic heterocycles. The fourth-order valence-electron chi connectivity index (χ4n) is 3.35. The van der Waals surface area contributed by atoms with Gasteiger partial charge in [-0.2, -0.15) is 0 Å². The van der Waals surface area contributed by atoms with Gasteiger partial charge in [-0.1, -0.05) is 19.2 Å². The Morgan fingerprint density at radius 1 is 1.11 bits per heavy atom. The number of anilines is 1. The minimum atomic E-state index is 0.0131. The first-order chi connectivity index (χ1) is 13.6. The third-order valence-electron chi connectivity index (χ3n) is 5.15. The van der Waals surface area contributed by atoms with Crippen molar-refractivity contribution in [3.63, 3.8) is 0 Å². The van der Waals surface area contributed by atoms with Crippen molar-refractivity contribution < 1.29 is 18.9 Å². The Morgan fingerprint density at radius 2 is 1.86 bits per heavy atom. The van der Waals surface area contributed by atoms with E-state index in [1.54, 1.807) is 21.3 Å². The van der Waals surface area contributed by atoms with E-state index in [1.807, 2.05) is 6.08 Å². The van der Waals surface area contributed by atoms with E-state index in [9.17, 15) is 0 Å². The van der Waals surface area contributed by atoms with Crippen molar-refractivity contribution in [1.29, 1.82) is 0 Å². The Balaban J connectivity index is 1.88. The summed E-state index contributed by atoms with van der Waals surface area (Å²) in [6.45, 7) is 9.69. The second kappa shape index (κ2) is 8.90. The average Bonchev–Trinajstić information content (AvgIpc) is 2.77.